The Morgan fingerprint density at radius 3 is 2.42 bits per heavy atom. The fraction of sp³-hybridized carbons (Fsp3) is 0.375. The quantitative estimate of drug-likeness (QED) is 0.453. The highest BCUT2D eigenvalue weighted by Gasteiger charge is 2.16. The van der Waals surface area contributed by atoms with E-state index in [-0.39, 0.29) is 17.7 Å². The maximum atomic E-state index is 12.4. The molecule has 1 heterocycles. The number of amides is 1. The van der Waals surface area contributed by atoms with Crippen LogP contribution in [0, 0.1) is 5.92 Å². The molecule has 0 saturated carbocycles. The minimum atomic E-state index is -0.0367. The number of hydrogen-bond donors (Lipinski definition) is 1. The number of carbonyl (C=O) groups excluding carboxylic acids is 1. The molecule has 0 fully saturated rings. The number of hydrogen-bond acceptors (Lipinski definition) is 5. The smallest absolute Gasteiger partial charge is 0.230 e. The van der Waals surface area contributed by atoms with Gasteiger partial charge in [-0.1, -0.05) is 55.9 Å². The molecule has 0 aliphatic rings. The summed E-state index contributed by atoms with van der Waals surface area (Å²) in [6, 6.07) is 17.8. The Kier molecular flexibility index (Phi) is 8.12. The van der Waals surface area contributed by atoms with Gasteiger partial charge in [-0.25, -0.2) is 0 Å². The molecule has 3 aromatic rings. The molecule has 6 nitrogen and oxygen atoms in total. The number of benzene rings is 2. The number of aromatic nitrogens is 3. The molecule has 0 saturated heterocycles. The molecule has 0 bridgehead atoms. The van der Waals surface area contributed by atoms with Crippen molar-refractivity contribution in [1.29, 1.82) is 0 Å². The summed E-state index contributed by atoms with van der Waals surface area (Å²) in [5.74, 6) is 2.38. The van der Waals surface area contributed by atoms with Crippen LogP contribution in [0.5, 0.6) is 5.75 Å². The van der Waals surface area contributed by atoms with Crippen molar-refractivity contribution in [1.82, 2.24) is 20.1 Å². The lowest BCUT2D eigenvalue weighted by molar-refractivity contribution is -0.119. The van der Waals surface area contributed by atoms with Crippen LogP contribution in [0.15, 0.2) is 59.8 Å². The number of carbonyl (C=O) groups is 1. The van der Waals surface area contributed by atoms with E-state index in [0.717, 1.165) is 34.4 Å². The van der Waals surface area contributed by atoms with Gasteiger partial charge in [0.15, 0.2) is 11.0 Å². The minimum absolute atomic E-state index is 0.0276. The van der Waals surface area contributed by atoms with E-state index in [1.165, 1.54) is 11.8 Å². The molecule has 0 spiro atoms. The highest BCUT2D eigenvalue weighted by atomic mass is 32.2. The summed E-state index contributed by atoms with van der Waals surface area (Å²) in [5.41, 5.74) is 2.06. The van der Waals surface area contributed by atoms with Gasteiger partial charge in [0.25, 0.3) is 0 Å². The summed E-state index contributed by atoms with van der Waals surface area (Å²) in [6.07, 6.45) is 0. The lowest BCUT2D eigenvalue weighted by atomic mass is 10.1. The first-order valence-electron chi connectivity index (χ1n) is 10.6. The van der Waals surface area contributed by atoms with Crippen LogP contribution in [0.25, 0.3) is 11.4 Å². The minimum Gasteiger partial charge on any atom is -0.493 e. The number of thioether (sulfide) groups is 1. The number of nitrogens with one attached hydrogen (secondary N) is 1. The van der Waals surface area contributed by atoms with Crippen LogP contribution in [-0.2, 0) is 11.3 Å². The van der Waals surface area contributed by atoms with Crippen molar-refractivity contribution in [3.05, 3.63) is 60.2 Å². The zero-order valence-electron chi connectivity index (χ0n) is 18.5. The van der Waals surface area contributed by atoms with Gasteiger partial charge in [-0.2, -0.15) is 0 Å². The topological polar surface area (TPSA) is 69.0 Å². The Hall–Kier alpha value is -2.80. The van der Waals surface area contributed by atoms with Gasteiger partial charge in [-0.3, -0.25) is 4.79 Å². The first-order chi connectivity index (χ1) is 15.0. The van der Waals surface area contributed by atoms with Gasteiger partial charge in [-0.05, 0) is 49.6 Å². The molecule has 3 rings (SSSR count). The van der Waals surface area contributed by atoms with Crippen LogP contribution < -0.4 is 10.1 Å². The Labute approximate surface area is 188 Å². The van der Waals surface area contributed by atoms with E-state index in [0.29, 0.717) is 12.5 Å². The highest BCUT2D eigenvalue weighted by molar-refractivity contribution is 7.99. The summed E-state index contributed by atoms with van der Waals surface area (Å²) in [5, 5.41) is 12.5. The van der Waals surface area contributed by atoms with E-state index < -0.39 is 0 Å². The van der Waals surface area contributed by atoms with Crippen molar-refractivity contribution in [3.8, 4) is 17.1 Å². The van der Waals surface area contributed by atoms with Gasteiger partial charge < -0.3 is 14.6 Å². The van der Waals surface area contributed by atoms with Gasteiger partial charge in [0.1, 0.15) is 5.75 Å². The predicted molar refractivity (Wildman–Crippen MR) is 125 cm³/mol. The molecule has 31 heavy (non-hydrogen) atoms. The van der Waals surface area contributed by atoms with Crippen molar-refractivity contribution in [2.45, 2.75) is 45.4 Å². The second kappa shape index (κ2) is 11.0. The average molecular weight is 439 g/mol. The highest BCUT2D eigenvalue weighted by Crippen LogP contribution is 2.26. The lowest BCUT2D eigenvalue weighted by Crippen LogP contribution is -2.28. The maximum Gasteiger partial charge on any atom is 0.230 e. The lowest BCUT2D eigenvalue weighted by Gasteiger charge is -2.14. The summed E-state index contributed by atoms with van der Waals surface area (Å²) in [6.45, 7) is 9.70. The zero-order chi connectivity index (χ0) is 22.2. The molecule has 1 atom stereocenters. The van der Waals surface area contributed by atoms with E-state index in [1.54, 1.807) is 0 Å². The molecular formula is C24H30N4O2S. The number of rotatable bonds is 10. The van der Waals surface area contributed by atoms with Crippen LogP contribution in [-0.4, -0.2) is 33.0 Å². The fourth-order valence-electron chi connectivity index (χ4n) is 3.10. The van der Waals surface area contributed by atoms with Gasteiger partial charge in [0.05, 0.1) is 18.4 Å². The van der Waals surface area contributed by atoms with Crippen LogP contribution >= 0.6 is 11.8 Å². The molecule has 0 aliphatic heterocycles. The molecule has 7 heteroatoms. The normalized spacial score (nSPS) is 12.0. The molecule has 1 aromatic heterocycles. The Bertz CT molecular complexity index is 971. The van der Waals surface area contributed by atoms with E-state index >= 15 is 0 Å². The van der Waals surface area contributed by atoms with Gasteiger partial charge in [-0.15, -0.1) is 10.2 Å². The van der Waals surface area contributed by atoms with Gasteiger partial charge >= 0.3 is 0 Å². The van der Waals surface area contributed by atoms with E-state index in [9.17, 15) is 4.79 Å². The standard InChI is InChI=1S/C24H30N4O2S/c1-5-28-23(20-11-13-21(14-12-20)30-15-17(2)3)26-27-24(28)31-16-22(29)25-18(4)19-9-7-6-8-10-19/h6-14,17-18H,5,15-16H2,1-4H3,(H,25,29). The molecule has 1 amide bonds. The maximum absolute atomic E-state index is 12.4. The number of ether oxygens (including phenoxy) is 1. The third kappa shape index (κ3) is 6.34. The second-order valence-electron chi connectivity index (χ2n) is 7.77. The van der Waals surface area contributed by atoms with Crippen LogP contribution in [0.2, 0.25) is 0 Å². The van der Waals surface area contributed by atoms with Gasteiger partial charge in [0.2, 0.25) is 5.91 Å². The van der Waals surface area contributed by atoms with Crippen molar-refractivity contribution in [3.63, 3.8) is 0 Å². The van der Waals surface area contributed by atoms with Crippen molar-refractivity contribution >= 4 is 17.7 Å². The Morgan fingerprint density at radius 2 is 1.77 bits per heavy atom. The molecule has 1 N–H and O–H groups in total. The molecule has 0 aliphatic carbocycles. The monoisotopic (exact) mass is 438 g/mol. The van der Waals surface area contributed by atoms with Crippen LogP contribution in [0.1, 0.15) is 39.3 Å². The third-order valence-corrected chi connectivity index (χ3v) is 5.71. The summed E-state index contributed by atoms with van der Waals surface area (Å²) >= 11 is 1.40. The molecule has 1 unspecified atom stereocenters. The summed E-state index contributed by atoms with van der Waals surface area (Å²) < 4.78 is 7.79. The SMILES string of the molecule is CCn1c(SCC(=O)NC(C)c2ccccc2)nnc1-c1ccc(OCC(C)C)cc1. The molecule has 2 aromatic carbocycles. The van der Waals surface area contributed by atoms with Gasteiger partial charge in [0, 0.05) is 12.1 Å². The fourth-order valence-corrected chi connectivity index (χ4v) is 3.91. The van der Waals surface area contributed by atoms with Crippen molar-refractivity contribution < 1.29 is 9.53 Å². The predicted octanol–water partition coefficient (Wildman–Crippen LogP) is 4.97. The average Bonchev–Trinajstić information content (AvgIpc) is 3.20. The zero-order valence-corrected chi connectivity index (χ0v) is 19.4. The second-order valence-corrected chi connectivity index (χ2v) is 8.71. The summed E-state index contributed by atoms with van der Waals surface area (Å²) in [4.78, 5) is 12.4. The Morgan fingerprint density at radius 1 is 1.06 bits per heavy atom. The largest absolute Gasteiger partial charge is 0.493 e. The van der Waals surface area contributed by atoms with Crippen molar-refractivity contribution in [2.75, 3.05) is 12.4 Å². The first-order valence-corrected chi connectivity index (χ1v) is 11.6. The van der Waals surface area contributed by atoms with E-state index in [1.807, 2.05) is 66.1 Å². The van der Waals surface area contributed by atoms with Crippen molar-refractivity contribution in [2.24, 2.45) is 5.92 Å². The molecular weight excluding hydrogens is 408 g/mol. The third-order valence-electron chi connectivity index (χ3n) is 4.74. The van der Waals surface area contributed by atoms with Crippen LogP contribution in [0.3, 0.4) is 0 Å². The number of nitrogens with zero attached hydrogens (tertiary/aromatic N) is 3. The van der Waals surface area contributed by atoms with E-state index in [4.69, 9.17) is 4.74 Å². The van der Waals surface area contributed by atoms with Crippen LogP contribution in [0.4, 0.5) is 0 Å². The van der Waals surface area contributed by atoms with E-state index in [2.05, 4.69) is 36.3 Å². The molecule has 164 valence electrons. The first kappa shape index (κ1) is 22.9. The Balaban J connectivity index is 1.61. The summed E-state index contributed by atoms with van der Waals surface area (Å²) in [7, 11) is 0. The molecule has 0 radical (unpaired) electrons.